The van der Waals surface area contributed by atoms with E-state index in [0.717, 1.165) is 0 Å². The number of ether oxygens (including phenoxy) is 3. The summed E-state index contributed by atoms with van der Waals surface area (Å²) in [6, 6.07) is 4.47. The Hall–Kier alpha value is -3.89. The molecule has 2 rings (SSSR count). The molecule has 1 atom stereocenters. The number of hydrogen-bond donors (Lipinski definition) is 3. The molecule has 0 saturated heterocycles. The molecule has 30 heavy (non-hydrogen) atoms. The molecule has 2 aromatic rings. The molecular weight excluding hydrogens is 398 g/mol. The van der Waals surface area contributed by atoms with Crippen LogP contribution in [-0.2, 0) is 33.4 Å². The maximum Gasteiger partial charge on any atom is 0.333 e. The van der Waals surface area contributed by atoms with Crippen LogP contribution in [0, 0.1) is 5.92 Å². The van der Waals surface area contributed by atoms with E-state index >= 15 is 0 Å². The van der Waals surface area contributed by atoms with E-state index in [1.165, 1.54) is 32.0 Å². The highest BCUT2D eigenvalue weighted by molar-refractivity contribution is 6.18. The van der Waals surface area contributed by atoms with Crippen molar-refractivity contribution in [2.24, 2.45) is 5.92 Å². The van der Waals surface area contributed by atoms with Crippen molar-refractivity contribution in [2.45, 2.75) is 13.8 Å². The fourth-order valence-corrected chi connectivity index (χ4v) is 2.34. The van der Waals surface area contributed by atoms with E-state index in [1.807, 2.05) is 0 Å². The number of imidazole rings is 1. The van der Waals surface area contributed by atoms with Crippen molar-refractivity contribution < 1.29 is 33.4 Å². The smallest absolute Gasteiger partial charge is 0.333 e. The van der Waals surface area contributed by atoms with Gasteiger partial charge in [-0.15, -0.1) is 0 Å². The van der Waals surface area contributed by atoms with E-state index < -0.39 is 35.4 Å². The van der Waals surface area contributed by atoms with Gasteiger partial charge in [-0.3, -0.25) is 14.4 Å². The Kier molecular flexibility index (Phi) is 7.50. The van der Waals surface area contributed by atoms with Crippen molar-refractivity contribution in [3.05, 3.63) is 40.8 Å². The van der Waals surface area contributed by atoms with Crippen LogP contribution < -0.4 is 11.0 Å². The number of nitrogens with one attached hydrogen (secondary N) is 3. The Morgan fingerprint density at radius 3 is 2.33 bits per heavy atom. The van der Waals surface area contributed by atoms with Crippen LogP contribution in [0.1, 0.15) is 13.8 Å². The third-order valence-corrected chi connectivity index (χ3v) is 3.71. The molecule has 11 nitrogen and oxygen atoms in total. The summed E-state index contributed by atoms with van der Waals surface area (Å²) in [5.74, 6) is -5.77. The van der Waals surface area contributed by atoms with Gasteiger partial charge in [0.2, 0.25) is 11.8 Å². The maximum absolute atomic E-state index is 12.6. The van der Waals surface area contributed by atoms with E-state index in [0.29, 0.717) is 11.0 Å². The first-order valence-corrected chi connectivity index (χ1v) is 8.91. The topological polar surface area (TPSA) is 157 Å². The summed E-state index contributed by atoms with van der Waals surface area (Å²) in [4.78, 5) is 64.7. The van der Waals surface area contributed by atoms with Crippen LogP contribution in [0.5, 0.6) is 0 Å². The predicted octanol–water partition coefficient (Wildman–Crippen LogP) is 0.636. The monoisotopic (exact) mass is 419 g/mol. The van der Waals surface area contributed by atoms with Crippen LogP contribution in [0.3, 0.4) is 0 Å². The van der Waals surface area contributed by atoms with Gasteiger partial charge in [-0.05, 0) is 32.0 Å². The third kappa shape index (κ3) is 5.80. The number of carbonyl (C=O) groups is 4. The Labute approximate surface area is 170 Å². The van der Waals surface area contributed by atoms with Gasteiger partial charge in [0.05, 0.1) is 17.6 Å². The number of esters is 3. The molecular formula is C19H21N3O8. The lowest BCUT2D eigenvalue weighted by atomic mass is 10.1. The van der Waals surface area contributed by atoms with Gasteiger partial charge in [0.25, 0.3) is 0 Å². The van der Waals surface area contributed by atoms with E-state index in [1.54, 1.807) is 0 Å². The molecule has 0 spiro atoms. The van der Waals surface area contributed by atoms with Gasteiger partial charge in [-0.25, -0.2) is 9.59 Å². The number of benzene rings is 1. The van der Waals surface area contributed by atoms with Crippen molar-refractivity contribution >= 4 is 40.5 Å². The van der Waals surface area contributed by atoms with Crippen LogP contribution in [0.15, 0.2) is 35.1 Å². The summed E-state index contributed by atoms with van der Waals surface area (Å²) >= 11 is 0. The molecule has 1 aromatic carbocycles. The Bertz CT molecular complexity index is 1040. The fraction of sp³-hybridized carbons (Fsp3) is 0.316. The lowest BCUT2D eigenvalue weighted by Crippen LogP contribution is -2.38. The largest absolute Gasteiger partial charge is 0.465 e. The number of aromatic nitrogens is 2. The van der Waals surface area contributed by atoms with Crippen molar-refractivity contribution in [1.82, 2.24) is 9.97 Å². The zero-order valence-corrected chi connectivity index (χ0v) is 16.4. The van der Waals surface area contributed by atoms with E-state index in [-0.39, 0.29) is 31.1 Å². The minimum atomic E-state index is -1.89. The highest BCUT2D eigenvalue weighted by Crippen LogP contribution is 2.16. The quantitative estimate of drug-likeness (QED) is 0.176. The Balaban J connectivity index is 2.06. The van der Waals surface area contributed by atoms with Crippen LogP contribution in [0.25, 0.3) is 11.0 Å². The van der Waals surface area contributed by atoms with Crippen molar-refractivity contribution in [2.75, 3.05) is 25.1 Å². The lowest BCUT2D eigenvalue weighted by molar-refractivity contribution is -0.165. The molecule has 0 bridgehead atoms. The third-order valence-electron chi connectivity index (χ3n) is 3.71. The summed E-state index contributed by atoms with van der Waals surface area (Å²) in [6.07, 6.45) is 0. The molecule has 160 valence electrons. The van der Waals surface area contributed by atoms with Gasteiger partial charge in [-0.1, -0.05) is 6.58 Å². The summed E-state index contributed by atoms with van der Waals surface area (Å²) < 4.78 is 14.4. The molecule has 0 fully saturated rings. The lowest BCUT2D eigenvalue weighted by Gasteiger charge is -2.15. The predicted molar refractivity (Wildman–Crippen MR) is 104 cm³/mol. The van der Waals surface area contributed by atoms with Gasteiger partial charge in [0.1, 0.15) is 13.2 Å². The van der Waals surface area contributed by atoms with Crippen molar-refractivity contribution in [3.63, 3.8) is 0 Å². The second kappa shape index (κ2) is 10.0. The average Bonchev–Trinajstić information content (AvgIpc) is 3.04. The second-order valence-corrected chi connectivity index (χ2v) is 6.10. The van der Waals surface area contributed by atoms with E-state index in [9.17, 15) is 24.0 Å². The summed E-state index contributed by atoms with van der Waals surface area (Å²) in [6.45, 7) is 5.69. The molecule has 0 aliphatic rings. The zero-order chi connectivity index (χ0) is 22.3. The standard InChI is InChI=1S/C19H21N3O8/c1-4-28-17(25)14(18(26)30-8-7-29-16(24)10(2)3)15(23)20-11-5-6-12-13(9-11)22-19(27)21-12/h5-6,9,14H,2,4,7-8H2,1,3H3,(H,20,23)(H2,21,22,27). The van der Waals surface area contributed by atoms with Gasteiger partial charge in [0.15, 0.2) is 0 Å². The molecule has 0 aliphatic heterocycles. The first kappa shape index (κ1) is 22.4. The molecule has 1 amide bonds. The Morgan fingerprint density at radius 1 is 1.03 bits per heavy atom. The molecule has 0 saturated carbocycles. The second-order valence-electron chi connectivity index (χ2n) is 6.10. The molecule has 3 N–H and O–H groups in total. The first-order valence-electron chi connectivity index (χ1n) is 8.91. The number of hydrogen-bond acceptors (Lipinski definition) is 8. The van der Waals surface area contributed by atoms with Gasteiger partial charge >= 0.3 is 23.6 Å². The molecule has 1 heterocycles. The maximum atomic E-state index is 12.6. The van der Waals surface area contributed by atoms with Gasteiger partial charge in [-0.2, -0.15) is 0 Å². The van der Waals surface area contributed by atoms with E-state index in [4.69, 9.17) is 14.2 Å². The molecule has 1 aromatic heterocycles. The van der Waals surface area contributed by atoms with Gasteiger partial charge < -0.3 is 29.5 Å². The Morgan fingerprint density at radius 2 is 1.67 bits per heavy atom. The average molecular weight is 419 g/mol. The summed E-state index contributed by atoms with van der Waals surface area (Å²) in [5.41, 5.74) is 0.927. The van der Waals surface area contributed by atoms with Crippen LogP contribution >= 0.6 is 0 Å². The number of amides is 1. The molecule has 1 unspecified atom stereocenters. The normalized spacial score (nSPS) is 11.4. The number of anilines is 1. The molecule has 11 heteroatoms. The number of carbonyl (C=O) groups excluding carboxylic acids is 4. The molecule has 0 aliphatic carbocycles. The number of rotatable bonds is 9. The minimum absolute atomic E-state index is 0.0529. The highest BCUT2D eigenvalue weighted by Gasteiger charge is 2.37. The summed E-state index contributed by atoms with van der Waals surface area (Å²) in [7, 11) is 0. The first-order chi connectivity index (χ1) is 14.2. The minimum Gasteiger partial charge on any atom is -0.465 e. The number of aromatic amines is 2. The van der Waals surface area contributed by atoms with Crippen molar-refractivity contribution in [1.29, 1.82) is 0 Å². The zero-order valence-electron chi connectivity index (χ0n) is 16.4. The highest BCUT2D eigenvalue weighted by atomic mass is 16.6. The van der Waals surface area contributed by atoms with Crippen molar-refractivity contribution in [3.8, 4) is 0 Å². The van der Waals surface area contributed by atoms with Crippen LogP contribution in [0.4, 0.5) is 5.69 Å². The molecule has 0 radical (unpaired) electrons. The number of fused-ring (bicyclic) bond motifs is 1. The SMILES string of the molecule is C=C(C)C(=O)OCCOC(=O)C(C(=O)Nc1ccc2[nH]c(=O)[nH]c2c1)C(=O)OCC. The number of H-pyrrole nitrogens is 2. The van der Waals surface area contributed by atoms with Gasteiger partial charge in [0, 0.05) is 11.3 Å². The van der Waals surface area contributed by atoms with Crippen LogP contribution in [0.2, 0.25) is 0 Å². The fourth-order valence-electron chi connectivity index (χ4n) is 2.34. The van der Waals surface area contributed by atoms with Crippen LogP contribution in [-0.4, -0.2) is 53.6 Å². The van der Waals surface area contributed by atoms with E-state index in [2.05, 4.69) is 21.9 Å². The summed E-state index contributed by atoms with van der Waals surface area (Å²) in [5, 5.41) is 2.41.